The Bertz CT molecular complexity index is 827. The minimum Gasteiger partial charge on any atom is -0.355 e. The van der Waals surface area contributed by atoms with E-state index < -0.39 is 0 Å². The van der Waals surface area contributed by atoms with E-state index in [1.165, 1.54) is 0 Å². The van der Waals surface area contributed by atoms with Crippen LogP contribution in [0.15, 0.2) is 42.5 Å². The summed E-state index contributed by atoms with van der Waals surface area (Å²) in [6, 6.07) is 11.8. The average molecular weight is 353 g/mol. The first-order chi connectivity index (χ1) is 12.3. The second kappa shape index (κ2) is 8.29. The van der Waals surface area contributed by atoms with Crippen molar-refractivity contribution < 1.29 is 14.4 Å². The molecule has 6 heteroatoms. The summed E-state index contributed by atoms with van der Waals surface area (Å²) < 4.78 is 0. The Morgan fingerprint density at radius 1 is 0.846 bits per heavy atom. The van der Waals surface area contributed by atoms with Gasteiger partial charge in [0.2, 0.25) is 5.91 Å². The van der Waals surface area contributed by atoms with Crippen LogP contribution in [0, 0.1) is 12.8 Å². The van der Waals surface area contributed by atoms with Crippen LogP contribution < -0.4 is 16.0 Å². The lowest BCUT2D eigenvalue weighted by atomic mass is 10.1. The van der Waals surface area contributed by atoms with Crippen molar-refractivity contribution in [2.75, 3.05) is 17.7 Å². The number of nitrogens with one attached hydrogen (secondary N) is 3. The van der Waals surface area contributed by atoms with Crippen LogP contribution in [-0.4, -0.2) is 24.8 Å². The van der Waals surface area contributed by atoms with Gasteiger partial charge < -0.3 is 16.0 Å². The molecular weight excluding hydrogens is 330 g/mol. The molecule has 3 N–H and O–H groups in total. The fourth-order valence-corrected chi connectivity index (χ4v) is 2.23. The van der Waals surface area contributed by atoms with Crippen molar-refractivity contribution in [3.8, 4) is 0 Å². The minimum absolute atomic E-state index is 0.0798. The van der Waals surface area contributed by atoms with E-state index in [9.17, 15) is 14.4 Å². The van der Waals surface area contributed by atoms with E-state index in [4.69, 9.17) is 0 Å². The van der Waals surface area contributed by atoms with Gasteiger partial charge in [0.25, 0.3) is 11.8 Å². The Hall–Kier alpha value is -3.15. The van der Waals surface area contributed by atoms with E-state index in [2.05, 4.69) is 16.0 Å². The molecule has 2 aromatic carbocycles. The van der Waals surface area contributed by atoms with Gasteiger partial charge in [0.15, 0.2) is 0 Å². The minimum atomic E-state index is -0.288. The van der Waals surface area contributed by atoms with E-state index >= 15 is 0 Å². The normalized spacial score (nSPS) is 10.3. The van der Waals surface area contributed by atoms with Crippen molar-refractivity contribution in [2.24, 2.45) is 5.92 Å². The number of aryl methyl sites for hydroxylation is 1. The number of amides is 3. The van der Waals surface area contributed by atoms with E-state index in [1.807, 2.05) is 20.8 Å². The molecule has 0 bridgehead atoms. The molecule has 2 rings (SSSR count). The molecule has 2 aromatic rings. The predicted octanol–water partition coefficient (Wildman–Crippen LogP) is 3.20. The van der Waals surface area contributed by atoms with Crippen LogP contribution >= 0.6 is 0 Å². The maximum absolute atomic E-state index is 12.5. The highest BCUT2D eigenvalue weighted by atomic mass is 16.2. The summed E-state index contributed by atoms with van der Waals surface area (Å²) in [5.74, 6) is -0.702. The standard InChI is InChI=1S/C20H23N3O3/c1-12(2)18(24)22-16-9-7-14(8-10-16)20(26)23-17-11-15(19(25)21-4)6-5-13(17)3/h5-12H,1-4H3,(H,21,25)(H,22,24)(H,23,26). The largest absolute Gasteiger partial charge is 0.355 e. The maximum atomic E-state index is 12.5. The fraction of sp³-hybridized carbons (Fsp3) is 0.250. The first kappa shape index (κ1) is 19.2. The zero-order valence-electron chi connectivity index (χ0n) is 15.3. The molecule has 0 fully saturated rings. The van der Waals surface area contributed by atoms with Crippen LogP contribution in [0.4, 0.5) is 11.4 Å². The molecule has 0 atom stereocenters. The first-order valence-corrected chi connectivity index (χ1v) is 8.37. The molecule has 0 aromatic heterocycles. The fourth-order valence-electron chi connectivity index (χ4n) is 2.23. The molecule has 3 amide bonds. The molecule has 26 heavy (non-hydrogen) atoms. The van der Waals surface area contributed by atoms with Crippen LogP contribution in [0.5, 0.6) is 0 Å². The van der Waals surface area contributed by atoms with Gasteiger partial charge in [-0.15, -0.1) is 0 Å². The van der Waals surface area contributed by atoms with Crippen molar-refractivity contribution in [1.29, 1.82) is 0 Å². The predicted molar refractivity (Wildman–Crippen MR) is 102 cm³/mol. The second-order valence-corrected chi connectivity index (χ2v) is 6.28. The number of carbonyl (C=O) groups is 3. The number of carbonyl (C=O) groups excluding carboxylic acids is 3. The zero-order valence-corrected chi connectivity index (χ0v) is 15.3. The van der Waals surface area contributed by atoms with Crippen molar-refractivity contribution in [3.05, 3.63) is 59.2 Å². The highest BCUT2D eigenvalue weighted by Gasteiger charge is 2.12. The molecular formula is C20H23N3O3. The molecule has 0 aliphatic rings. The number of hydrogen-bond acceptors (Lipinski definition) is 3. The Morgan fingerprint density at radius 2 is 1.46 bits per heavy atom. The monoisotopic (exact) mass is 353 g/mol. The topological polar surface area (TPSA) is 87.3 Å². The lowest BCUT2D eigenvalue weighted by Crippen LogP contribution is -2.19. The molecule has 0 spiro atoms. The van der Waals surface area contributed by atoms with E-state index in [0.717, 1.165) is 5.56 Å². The van der Waals surface area contributed by atoms with Gasteiger partial charge in [-0.1, -0.05) is 19.9 Å². The van der Waals surface area contributed by atoms with Crippen LogP contribution in [0.25, 0.3) is 0 Å². The summed E-state index contributed by atoms with van der Waals surface area (Å²) in [5.41, 5.74) is 3.00. The molecule has 0 saturated heterocycles. The van der Waals surface area contributed by atoms with E-state index in [0.29, 0.717) is 22.5 Å². The van der Waals surface area contributed by atoms with Crippen molar-refractivity contribution in [3.63, 3.8) is 0 Å². The highest BCUT2D eigenvalue weighted by molar-refractivity contribution is 6.06. The molecule has 0 aliphatic carbocycles. The summed E-state index contributed by atoms with van der Waals surface area (Å²) in [4.78, 5) is 35.9. The highest BCUT2D eigenvalue weighted by Crippen LogP contribution is 2.19. The van der Waals surface area contributed by atoms with Crippen LogP contribution in [-0.2, 0) is 4.79 Å². The maximum Gasteiger partial charge on any atom is 0.255 e. The molecule has 0 saturated carbocycles. The number of anilines is 2. The van der Waals surface area contributed by atoms with Crippen LogP contribution in [0.3, 0.4) is 0 Å². The summed E-state index contributed by atoms with van der Waals surface area (Å²) >= 11 is 0. The number of rotatable bonds is 5. The second-order valence-electron chi connectivity index (χ2n) is 6.28. The summed E-state index contributed by atoms with van der Waals surface area (Å²) in [6.45, 7) is 5.48. The van der Waals surface area contributed by atoms with Gasteiger partial charge in [-0.3, -0.25) is 14.4 Å². The lowest BCUT2D eigenvalue weighted by molar-refractivity contribution is -0.118. The van der Waals surface area contributed by atoms with Gasteiger partial charge in [0, 0.05) is 35.5 Å². The Morgan fingerprint density at radius 3 is 2.04 bits per heavy atom. The van der Waals surface area contributed by atoms with Crippen molar-refractivity contribution >= 4 is 29.1 Å². The molecule has 0 heterocycles. The summed E-state index contributed by atoms with van der Waals surface area (Å²) in [5, 5.41) is 8.15. The third kappa shape index (κ3) is 4.69. The van der Waals surface area contributed by atoms with Gasteiger partial charge in [0.1, 0.15) is 0 Å². The quantitative estimate of drug-likeness (QED) is 0.771. The number of benzene rings is 2. The van der Waals surface area contributed by atoms with Gasteiger partial charge >= 0.3 is 0 Å². The summed E-state index contributed by atoms with van der Waals surface area (Å²) in [7, 11) is 1.56. The van der Waals surface area contributed by atoms with Gasteiger partial charge in [-0.2, -0.15) is 0 Å². The van der Waals surface area contributed by atoms with E-state index in [-0.39, 0.29) is 23.6 Å². The van der Waals surface area contributed by atoms with Gasteiger partial charge in [-0.25, -0.2) is 0 Å². The van der Waals surface area contributed by atoms with E-state index in [1.54, 1.807) is 49.5 Å². The molecule has 0 aliphatic heterocycles. The molecule has 136 valence electrons. The van der Waals surface area contributed by atoms with Gasteiger partial charge in [0.05, 0.1) is 0 Å². The third-order valence-corrected chi connectivity index (χ3v) is 3.91. The third-order valence-electron chi connectivity index (χ3n) is 3.91. The molecule has 0 radical (unpaired) electrons. The van der Waals surface area contributed by atoms with Crippen molar-refractivity contribution in [1.82, 2.24) is 5.32 Å². The first-order valence-electron chi connectivity index (χ1n) is 8.37. The Balaban J connectivity index is 2.13. The van der Waals surface area contributed by atoms with Gasteiger partial charge in [-0.05, 0) is 48.9 Å². The van der Waals surface area contributed by atoms with Crippen LogP contribution in [0.1, 0.15) is 40.1 Å². The molecule has 0 unspecified atom stereocenters. The average Bonchev–Trinajstić information content (AvgIpc) is 2.63. The summed E-state index contributed by atoms with van der Waals surface area (Å²) in [6.07, 6.45) is 0. The molecule has 6 nitrogen and oxygen atoms in total. The SMILES string of the molecule is CNC(=O)c1ccc(C)c(NC(=O)c2ccc(NC(=O)C(C)C)cc2)c1. The number of hydrogen-bond donors (Lipinski definition) is 3. The zero-order chi connectivity index (χ0) is 19.3. The van der Waals surface area contributed by atoms with Crippen molar-refractivity contribution in [2.45, 2.75) is 20.8 Å². The Kier molecular flexibility index (Phi) is 6.11. The van der Waals surface area contributed by atoms with Crippen LogP contribution in [0.2, 0.25) is 0 Å². The lowest BCUT2D eigenvalue weighted by Gasteiger charge is -2.11. The Labute approximate surface area is 153 Å². The smallest absolute Gasteiger partial charge is 0.255 e.